The van der Waals surface area contributed by atoms with Gasteiger partial charge in [0.15, 0.2) is 0 Å². The van der Waals surface area contributed by atoms with E-state index in [1.54, 1.807) is 28.0 Å². The van der Waals surface area contributed by atoms with Crippen LogP contribution in [0.4, 0.5) is 0 Å². The van der Waals surface area contributed by atoms with Gasteiger partial charge in [0.25, 0.3) is 5.91 Å². The zero-order valence-electron chi connectivity index (χ0n) is 12.5. The summed E-state index contributed by atoms with van der Waals surface area (Å²) in [7, 11) is 0. The van der Waals surface area contributed by atoms with Crippen molar-refractivity contribution in [3.05, 3.63) is 23.8 Å². The van der Waals surface area contributed by atoms with E-state index < -0.39 is 5.91 Å². The molecule has 1 fully saturated rings. The van der Waals surface area contributed by atoms with Crippen LogP contribution in [0.25, 0.3) is 0 Å². The fraction of sp³-hybridized carbons (Fsp3) is 0.467. The minimum atomic E-state index is -0.599. The average Bonchev–Trinajstić information content (AvgIpc) is 2.82. The molecule has 1 saturated heterocycles. The largest absolute Gasteiger partial charge is 0.490 e. The lowest BCUT2D eigenvalue weighted by Crippen LogP contribution is -2.36. The van der Waals surface area contributed by atoms with Gasteiger partial charge in [0.1, 0.15) is 12.4 Å². The molecule has 1 aromatic rings. The van der Waals surface area contributed by atoms with Crippen molar-refractivity contribution in [2.75, 3.05) is 26.4 Å². The Bertz CT molecular complexity index is 604. The number of amides is 2. The minimum Gasteiger partial charge on any atom is -0.490 e. The first-order valence-corrected chi connectivity index (χ1v) is 8.25. The summed E-state index contributed by atoms with van der Waals surface area (Å²) in [5.74, 6) is -0.107. The lowest BCUT2D eigenvalue weighted by Gasteiger charge is -2.26. The molecular formula is C15H18N2O5S. The molecule has 1 atom stereocenters. The van der Waals surface area contributed by atoms with Crippen LogP contribution < -0.4 is 10.2 Å². The number of hydrogen-bond donors (Lipinski definition) is 2. The normalized spacial score (nSPS) is 20.9. The summed E-state index contributed by atoms with van der Waals surface area (Å²) in [5, 5.41) is 8.70. The predicted molar refractivity (Wildman–Crippen MR) is 82.3 cm³/mol. The van der Waals surface area contributed by atoms with E-state index in [0.717, 1.165) is 24.3 Å². The molecule has 2 amide bonds. The van der Waals surface area contributed by atoms with E-state index in [0.29, 0.717) is 31.1 Å². The van der Waals surface area contributed by atoms with Crippen molar-refractivity contribution in [3.63, 3.8) is 0 Å². The fourth-order valence-electron chi connectivity index (χ4n) is 2.60. The molecule has 3 rings (SSSR count). The first-order valence-electron chi connectivity index (χ1n) is 7.47. The molecule has 0 aliphatic carbocycles. The smallest absolute Gasteiger partial charge is 0.274 e. The van der Waals surface area contributed by atoms with Crippen LogP contribution in [0.3, 0.4) is 0 Å². The standard InChI is InChI=1S/C15H18N2O5S/c18-14(16-20)10-3-4-13-12(8-10)22-7-5-17(23-13)15(19)11-2-1-6-21-9-11/h3-4,8,11,20H,1-2,5-7,9H2,(H,16,18)/t11-/m1/s1. The zero-order valence-corrected chi connectivity index (χ0v) is 13.3. The third kappa shape index (κ3) is 3.60. The number of benzene rings is 1. The maximum atomic E-state index is 12.6. The van der Waals surface area contributed by atoms with E-state index in [9.17, 15) is 9.59 Å². The van der Waals surface area contributed by atoms with E-state index in [1.165, 1.54) is 11.9 Å². The van der Waals surface area contributed by atoms with Crippen LogP contribution in [-0.2, 0) is 9.53 Å². The number of hydrogen-bond acceptors (Lipinski definition) is 6. The van der Waals surface area contributed by atoms with Crippen molar-refractivity contribution in [1.82, 2.24) is 9.79 Å². The zero-order chi connectivity index (χ0) is 16.2. The maximum absolute atomic E-state index is 12.6. The summed E-state index contributed by atoms with van der Waals surface area (Å²) in [6.45, 7) is 2.01. The number of carbonyl (C=O) groups excluding carboxylic acids is 2. The number of rotatable bonds is 2. The van der Waals surface area contributed by atoms with Gasteiger partial charge in [-0.3, -0.25) is 19.1 Å². The SMILES string of the molecule is O=C(NO)c1ccc2c(c1)OCCN(C(=O)[C@@H]1CCCOC1)S2. The predicted octanol–water partition coefficient (Wildman–Crippen LogP) is 1.46. The number of hydroxylamine groups is 1. The highest BCUT2D eigenvalue weighted by atomic mass is 32.2. The van der Waals surface area contributed by atoms with Crippen molar-refractivity contribution in [2.24, 2.45) is 5.92 Å². The lowest BCUT2D eigenvalue weighted by molar-refractivity contribution is -0.134. The Labute approximate surface area is 138 Å². The van der Waals surface area contributed by atoms with Crippen molar-refractivity contribution < 1.29 is 24.3 Å². The highest BCUT2D eigenvalue weighted by Crippen LogP contribution is 2.36. The Morgan fingerprint density at radius 1 is 1.35 bits per heavy atom. The summed E-state index contributed by atoms with van der Waals surface area (Å²) in [4.78, 5) is 24.8. The fourth-order valence-corrected chi connectivity index (χ4v) is 3.58. The third-order valence-corrected chi connectivity index (χ3v) is 4.94. The number of ether oxygens (including phenoxy) is 2. The summed E-state index contributed by atoms with van der Waals surface area (Å²) in [6, 6.07) is 4.86. The molecule has 0 saturated carbocycles. The van der Waals surface area contributed by atoms with Crippen molar-refractivity contribution in [3.8, 4) is 5.75 Å². The Kier molecular flexibility index (Phi) is 5.04. The van der Waals surface area contributed by atoms with Crippen LogP contribution in [0.15, 0.2) is 23.1 Å². The van der Waals surface area contributed by atoms with E-state index in [2.05, 4.69) is 0 Å². The van der Waals surface area contributed by atoms with Gasteiger partial charge >= 0.3 is 0 Å². The Balaban J connectivity index is 1.75. The topological polar surface area (TPSA) is 88.1 Å². The summed E-state index contributed by atoms with van der Waals surface area (Å²) >= 11 is 1.32. The van der Waals surface area contributed by atoms with Crippen LogP contribution in [0.1, 0.15) is 23.2 Å². The molecule has 0 spiro atoms. The molecule has 2 aliphatic rings. The van der Waals surface area contributed by atoms with Crippen molar-refractivity contribution in [1.29, 1.82) is 0 Å². The van der Waals surface area contributed by atoms with Gasteiger partial charge in [-0.25, -0.2) is 5.48 Å². The number of carbonyl (C=O) groups is 2. The maximum Gasteiger partial charge on any atom is 0.274 e. The molecule has 1 aromatic carbocycles. The minimum absolute atomic E-state index is 0.0586. The third-order valence-electron chi connectivity index (χ3n) is 3.82. The quantitative estimate of drug-likeness (QED) is 0.482. The van der Waals surface area contributed by atoms with Gasteiger partial charge in [-0.05, 0) is 43.0 Å². The number of nitrogens with zero attached hydrogens (tertiary/aromatic N) is 1. The Morgan fingerprint density at radius 2 is 2.22 bits per heavy atom. The van der Waals surface area contributed by atoms with Gasteiger partial charge in [0.05, 0.1) is 24.0 Å². The van der Waals surface area contributed by atoms with Crippen LogP contribution in [0, 0.1) is 5.92 Å². The molecule has 7 nitrogen and oxygen atoms in total. The Morgan fingerprint density at radius 3 is 2.96 bits per heavy atom. The van der Waals surface area contributed by atoms with Gasteiger partial charge in [0.2, 0.25) is 5.91 Å². The van der Waals surface area contributed by atoms with E-state index >= 15 is 0 Å². The first kappa shape index (κ1) is 16.1. The van der Waals surface area contributed by atoms with Crippen LogP contribution in [0.5, 0.6) is 5.75 Å². The molecular weight excluding hydrogens is 320 g/mol. The van der Waals surface area contributed by atoms with E-state index in [1.807, 2.05) is 0 Å². The highest BCUT2D eigenvalue weighted by molar-refractivity contribution is 7.97. The van der Waals surface area contributed by atoms with Crippen LogP contribution in [0.2, 0.25) is 0 Å². The second-order valence-electron chi connectivity index (χ2n) is 5.40. The summed E-state index contributed by atoms with van der Waals surface area (Å²) < 4.78 is 12.7. The summed E-state index contributed by atoms with van der Waals surface area (Å²) in [5.41, 5.74) is 1.89. The second kappa shape index (κ2) is 7.20. The molecule has 0 unspecified atom stereocenters. The van der Waals surface area contributed by atoms with Crippen LogP contribution >= 0.6 is 11.9 Å². The van der Waals surface area contributed by atoms with Crippen molar-refractivity contribution >= 4 is 23.8 Å². The summed E-state index contributed by atoms with van der Waals surface area (Å²) in [6.07, 6.45) is 1.75. The van der Waals surface area contributed by atoms with Crippen LogP contribution in [-0.4, -0.2) is 47.7 Å². The molecule has 2 aliphatic heterocycles. The van der Waals surface area contributed by atoms with Gasteiger partial charge < -0.3 is 9.47 Å². The molecule has 0 bridgehead atoms. The molecule has 2 heterocycles. The second-order valence-corrected chi connectivity index (χ2v) is 6.46. The van der Waals surface area contributed by atoms with Gasteiger partial charge in [-0.2, -0.15) is 0 Å². The lowest BCUT2D eigenvalue weighted by atomic mass is 10.0. The first-order chi connectivity index (χ1) is 11.2. The van der Waals surface area contributed by atoms with Gasteiger partial charge in [-0.15, -0.1) is 0 Å². The van der Waals surface area contributed by atoms with Gasteiger partial charge in [0, 0.05) is 12.2 Å². The van der Waals surface area contributed by atoms with Crippen molar-refractivity contribution in [2.45, 2.75) is 17.7 Å². The van der Waals surface area contributed by atoms with E-state index in [-0.39, 0.29) is 11.8 Å². The molecule has 23 heavy (non-hydrogen) atoms. The molecule has 8 heteroatoms. The number of fused-ring (bicyclic) bond motifs is 1. The van der Waals surface area contributed by atoms with E-state index in [4.69, 9.17) is 14.7 Å². The average molecular weight is 338 g/mol. The molecule has 0 radical (unpaired) electrons. The molecule has 124 valence electrons. The van der Waals surface area contributed by atoms with Gasteiger partial charge in [-0.1, -0.05) is 0 Å². The monoisotopic (exact) mass is 338 g/mol. The highest BCUT2D eigenvalue weighted by Gasteiger charge is 2.29. The molecule has 2 N–H and O–H groups in total. The molecule has 0 aromatic heterocycles. The number of nitrogens with one attached hydrogen (secondary N) is 1. The Hall–Kier alpha value is -1.77.